The Morgan fingerprint density at radius 2 is 2.00 bits per heavy atom. The second-order valence-corrected chi connectivity index (χ2v) is 6.66. The van der Waals surface area contributed by atoms with E-state index in [2.05, 4.69) is 10.2 Å². The smallest absolute Gasteiger partial charge is 0.309 e. The first-order valence-electron chi connectivity index (χ1n) is 9.06. The number of carboxylic acid groups (broad SMARTS) is 1. The minimum absolute atomic E-state index is 0.0952. The highest BCUT2D eigenvalue weighted by molar-refractivity contribution is 6.21. The highest BCUT2D eigenvalue weighted by Crippen LogP contribution is 2.33. The minimum atomic E-state index is -1.14. The SMILES string of the molecule is O=C(O)C(CF)Cc1cccc2c1N1CC=NN=C1CN=C2c1ccccc1. The number of hydrogen-bond donors (Lipinski definition) is 1. The van der Waals surface area contributed by atoms with Gasteiger partial charge in [0.05, 0.1) is 30.4 Å². The number of halogens is 1. The van der Waals surface area contributed by atoms with E-state index in [1.165, 1.54) is 0 Å². The van der Waals surface area contributed by atoms with Gasteiger partial charge in [0.15, 0.2) is 5.84 Å². The van der Waals surface area contributed by atoms with Gasteiger partial charge >= 0.3 is 5.97 Å². The summed E-state index contributed by atoms with van der Waals surface area (Å²) in [5.41, 5.74) is 4.24. The molecule has 0 fully saturated rings. The molecule has 142 valence electrons. The lowest BCUT2D eigenvalue weighted by molar-refractivity contribution is -0.142. The maximum absolute atomic E-state index is 13.3. The molecule has 6 nitrogen and oxygen atoms in total. The summed E-state index contributed by atoms with van der Waals surface area (Å²) in [6, 6.07) is 15.5. The molecule has 0 saturated heterocycles. The van der Waals surface area contributed by atoms with E-state index in [9.17, 15) is 14.3 Å². The van der Waals surface area contributed by atoms with Gasteiger partial charge < -0.3 is 10.0 Å². The Labute approximate surface area is 161 Å². The van der Waals surface area contributed by atoms with Crippen molar-refractivity contribution < 1.29 is 14.3 Å². The zero-order valence-corrected chi connectivity index (χ0v) is 15.1. The van der Waals surface area contributed by atoms with Crippen LogP contribution >= 0.6 is 0 Å². The van der Waals surface area contributed by atoms with Crippen LogP contribution in [0.25, 0.3) is 0 Å². The summed E-state index contributed by atoms with van der Waals surface area (Å²) in [6.07, 6.45) is 1.79. The van der Waals surface area contributed by atoms with Gasteiger partial charge in [-0.2, -0.15) is 5.10 Å². The normalized spacial score (nSPS) is 16.4. The topological polar surface area (TPSA) is 77.6 Å². The first-order chi connectivity index (χ1) is 13.7. The van der Waals surface area contributed by atoms with Crippen LogP contribution in [0.15, 0.2) is 63.7 Å². The number of para-hydroxylation sites is 1. The fourth-order valence-electron chi connectivity index (χ4n) is 3.54. The zero-order chi connectivity index (χ0) is 19.5. The highest BCUT2D eigenvalue weighted by Gasteiger charge is 2.29. The highest BCUT2D eigenvalue weighted by atomic mass is 19.1. The number of aliphatic imine (C=N–C) groups is 1. The van der Waals surface area contributed by atoms with Crippen LogP contribution in [-0.4, -0.2) is 48.6 Å². The number of hydrogen-bond acceptors (Lipinski definition) is 5. The van der Waals surface area contributed by atoms with Crippen molar-refractivity contribution in [1.29, 1.82) is 0 Å². The molecule has 0 aliphatic carbocycles. The molecule has 0 aromatic heterocycles. The fourth-order valence-corrected chi connectivity index (χ4v) is 3.54. The van der Waals surface area contributed by atoms with Gasteiger partial charge in [0, 0.05) is 17.3 Å². The molecule has 0 amide bonds. The van der Waals surface area contributed by atoms with Crippen molar-refractivity contribution in [2.75, 3.05) is 24.7 Å². The van der Waals surface area contributed by atoms with Gasteiger partial charge in [0.25, 0.3) is 0 Å². The van der Waals surface area contributed by atoms with Gasteiger partial charge in [-0.1, -0.05) is 48.5 Å². The van der Waals surface area contributed by atoms with Gasteiger partial charge in [-0.15, -0.1) is 5.10 Å². The van der Waals surface area contributed by atoms with E-state index >= 15 is 0 Å². The first-order valence-corrected chi connectivity index (χ1v) is 9.06. The van der Waals surface area contributed by atoms with Crippen LogP contribution < -0.4 is 4.90 Å². The number of alkyl halides is 1. The fraction of sp³-hybridized carbons (Fsp3) is 0.238. The lowest BCUT2D eigenvalue weighted by Crippen LogP contribution is -2.37. The lowest BCUT2D eigenvalue weighted by atomic mass is 9.92. The molecule has 7 heteroatoms. The number of fused-ring (bicyclic) bond motifs is 3. The molecule has 1 atom stereocenters. The molecule has 0 bridgehead atoms. The maximum atomic E-state index is 13.3. The van der Waals surface area contributed by atoms with Crippen molar-refractivity contribution in [3.63, 3.8) is 0 Å². The maximum Gasteiger partial charge on any atom is 0.309 e. The van der Waals surface area contributed by atoms with Crippen LogP contribution in [0.1, 0.15) is 16.7 Å². The molecule has 2 aliphatic heterocycles. The number of anilines is 1. The summed E-state index contributed by atoms with van der Waals surface area (Å²) in [7, 11) is 0. The second kappa shape index (κ2) is 7.72. The monoisotopic (exact) mass is 378 g/mol. The van der Waals surface area contributed by atoms with E-state index in [1.54, 1.807) is 6.21 Å². The number of nitrogens with zero attached hydrogens (tertiary/aromatic N) is 4. The molecule has 0 radical (unpaired) electrons. The van der Waals surface area contributed by atoms with Crippen LogP contribution in [0, 0.1) is 5.92 Å². The number of carbonyl (C=O) groups is 1. The second-order valence-electron chi connectivity index (χ2n) is 6.66. The molecule has 28 heavy (non-hydrogen) atoms. The van der Waals surface area contributed by atoms with Crippen molar-refractivity contribution in [1.82, 2.24) is 0 Å². The molecule has 1 unspecified atom stereocenters. The van der Waals surface area contributed by atoms with Gasteiger partial charge in [-0.05, 0) is 12.0 Å². The van der Waals surface area contributed by atoms with Crippen LogP contribution in [0.3, 0.4) is 0 Å². The standard InChI is InChI=1S/C21H19FN4O2/c22-12-16(21(27)28)11-15-7-4-8-17-19(14-5-2-1-3-6-14)23-13-18-25-24-9-10-26(18)20(15)17/h1-9,16H,10-13H2,(H,27,28). The largest absolute Gasteiger partial charge is 0.481 e. The van der Waals surface area contributed by atoms with E-state index in [0.29, 0.717) is 18.9 Å². The molecular formula is C21H19FN4O2. The van der Waals surface area contributed by atoms with Crippen molar-refractivity contribution in [2.45, 2.75) is 6.42 Å². The molecule has 0 spiro atoms. The Morgan fingerprint density at radius 1 is 1.18 bits per heavy atom. The average Bonchev–Trinajstić information content (AvgIpc) is 2.90. The molecule has 2 aliphatic rings. The molecule has 1 N–H and O–H groups in total. The number of amidine groups is 1. The quantitative estimate of drug-likeness (QED) is 0.869. The Morgan fingerprint density at radius 3 is 2.75 bits per heavy atom. The molecule has 2 aromatic rings. The third-order valence-electron chi connectivity index (χ3n) is 4.90. The van der Waals surface area contributed by atoms with Crippen LogP contribution in [0.4, 0.5) is 10.1 Å². The molecule has 2 aromatic carbocycles. The van der Waals surface area contributed by atoms with Gasteiger partial charge in [0.2, 0.25) is 0 Å². The average molecular weight is 378 g/mol. The van der Waals surface area contributed by atoms with E-state index in [0.717, 1.165) is 28.1 Å². The number of carboxylic acids is 1. The zero-order valence-electron chi connectivity index (χ0n) is 15.1. The number of benzene rings is 2. The first kappa shape index (κ1) is 18.0. The summed E-state index contributed by atoms with van der Waals surface area (Å²) in [6.45, 7) is -0.0456. The summed E-state index contributed by atoms with van der Waals surface area (Å²) in [4.78, 5) is 18.2. The Bertz CT molecular complexity index is 985. The van der Waals surface area contributed by atoms with Crippen molar-refractivity contribution in [2.24, 2.45) is 21.1 Å². The van der Waals surface area contributed by atoms with E-state index < -0.39 is 18.6 Å². The van der Waals surface area contributed by atoms with Crippen LogP contribution in [0.5, 0.6) is 0 Å². The van der Waals surface area contributed by atoms with Crippen molar-refractivity contribution in [3.05, 3.63) is 65.2 Å². The van der Waals surface area contributed by atoms with E-state index in [4.69, 9.17) is 4.99 Å². The van der Waals surface area contributed by atoms with E-state index in [-0.39, 0.29) is 6.42 Å². The van der Waals surface area contributed by atoms with Crippen LogP contribution in [-0.2, 0) is 11.2 Å². The molecule has 2 heterocycles. The third-order valence-corrected chi connectivity index (χ3v) is 4.90. The molecule has 4 rings (SSSR count). The van der Waals surface area contributed by atoms with Crippen LogP contribution in [0.2, 0.25) is 0 Å². The third kappa shape index (κ3) is 3.31. The lowest BCUT2D eigenvalue weighted by Gasteiger charge is -2.28. The summed E-state index contributed by atoms with van der Waals surface area (Å²) < 4.78 is 13.3. The Kier molecular flexibility index (Phi) is 4.97. The van der Waals surface area contributed by atoms with Gasteiger partial charge in [-0.25, -0.2) is 0 Å². The summed E-state index contributed by atoms with van der Waals surface area (Å²) in [5, 5.41) is 17.6. The Hall–Kier alpha value is -3.35. The van der Waals surface area contributed by atoms with E-state index in [1.807, 2.05) is 53.4 Å². The van der Waals surface area contributed by atoms with Gasteiger partial charge in [-0.3, -0.25) is 14.2 Å². The van der Waals surface area contributed by atoms with Crippen molar-refractivity contribution in [3.8, 4) is 0 Å². The summed E-state index contributed by atoms with van der Waals surface area (Å²) >= 11 is 0. The summed E-state index contributed by atoms with van der Waals surface area (Å²) in [5.74, 6) is -1.54. The minimum Gasteiger partial charge on any atom is -0.481 e. The van der Waals surface area contributed by atoms with Crippen molar-refractivity contribution >= 4 is 29.4 Å². The number of rotatable bonds is 5. The van der Waals surface area contributed by atoms with Gasteiger partial charge in [0.1, 0.15) is 6.67 Å². The number of aliphatic carboxylic acids is 1. The Balaban J connectivity index is 1.88. The predicted molar refractivity (Wildman–Crippen MR) is 107 cm³/mol. The predicted octanol–water partition coefficient (Wildman–Crippen LogP) is 2.95. The molecular weight excluding hydrogens is 359 g/mol. The molecule has 0 saturated carbocycles.